The third-order valence-electron chi connectivity index (χ3n) is 11.3. The van der Waals surface area contributed by atoms with E-state index in [0.29, 0.717) is 0 Å². The van der Waals surface area contributed by atoms with Crippen LogP contribution in [-0.4, -0.2) is 44.8 Å². The van der Waals surface area contributed by atoms with E-state index in [-0.39, 0.29) is 53.4 Å². The molecule has 304 valence electrons. The minimum absolute atomic E-state index is 0. The lowest BCUT2D eigenvalue weighted by Crippen LogP contribution is -2.67. The molecule has 6 rings (SSSR count). The van der Waals surface area contributed by atoms with Crippen LogP contribution in [0.3, 0.4) is 0 Å². The quantitative estimate of drug-likeness (QED) is 0.123. The van der Waals surface area contributed by atoms with Gasteiger partial charge < -0.3 is 21.0 Å². The van der Waals surface area contributed by atoms with Gasteiger partial charge in [0.15, 0.2) is 0 Å². The molecule has 4 aromatic carbocycles. The standard InChI is InChI=1S/C23H31NO2Si.C16H19ClSi.C7H13NO2.CH4/c1-23(2,3)27(20-10-6-4-7-11-20,21-12-8-5-9-13-21)26-19-16-14-18(15-17-19)22(24)25;1-16(2,3)18(17,14-10-6-4-7-11-14)15-12-8-5-9-13-15;8-7(10)5-1-3-6(9)4-2-5;/h4-13,18-19H,14-17H2,1-3H3,(H2,24,25);4-13H,1-3H3;5-6,9H,1-4H2,(H2,8,10);1H4. The second kappa shape index (κ2) is 20.8. The number of carbonyl (C=O) groups excluding carboxylic acids is 2. The predicted molar refractivity (Wildman–Crippen MR) is 241 cm³/mol. The number of hydrogen-bond acceptors (Lipinski definition) is 4. The molecule has 56 heavy (non-hydrogen) atoms. The highest BCUT2D eigenvalue weighted by Crippen LogP contribution is 2.40. The Hall–Kier alpha value is -3.54. The summed E-state index contributed by atoms with van der Waals surface area (Å²) in [5.74, 6) is -0.363. The van der Waals surface area contributed by atoms with Crippen molar-refractivity contribution in [3.63, 3.8) is 0 Å². The van der Waals surface area contributed by atoms with E-state index >= 15 is 0 Å². The van der Waals surface area contributed by atoms with Gasteiger partial charge in [-0.3, -0.25) is 9.59 Å². The Bertz CT molecular complexity index is 1670. The summed E-state index contributed by atoms with van der Waals surface area (Å²) < 4.78 is 7.13. The molecule has 0 saturated heterocycles. The first-order valence-electron chi connectivity index (χ1n) is 19.9. The largest absolute Gasteiger partial charge is 0.404 e. The molecule has 0 heterocycles. The van der Waals surface area contributed by atoms with E-state index in [2.05, 4.69) is 151 Å². The number of rotatable bonds is 8. The normalized spacial score (nSPS) is 20.1. The molecule has 5 N–H and O–H groups in total. The zero-order valence-corrected chi connectivity index (χ0v) is 36.5. The van der Waals surface area contributed by atoms with Gasteiger partial charge in [0.1, 0.15) is 0 Å². The maximum atomic E-state index is 11.5. The number of carbonyl (C=O) groups is 2. The van der Waals surface area contributed by atoms with E-state index in [0.717, 1.165) is 51.4 Å². The SMILES string of the molecule is C.CC(C)(C)[Si](Cl)(c1ccccc1)c1ccccc1.CC(C)(C)[Si](OC1CCC(C(N)=O)CC1)(c1ccccc1)c1ccccc1.NC(=O)C1CCC(O)CC1. The molecular weight excluding hydrogens is 748 g/mol. The molecule has 2 aliphatic rings. The van der Waals surface area contributed by atoms with Crippen LogP contribution >= 0.6 is 11.1 Å². The van der Waals surface area contributed by atoms with Gasteiger partial charge in [-0.25, -0.2) is 0 Å². The maximum Gasteiger partial charge on any atom is 0.261 e. The summed E-state index contributed by atoms with van der Waals surface area (Å²) >= 11 is 7.21. The Morgan fingerprint density at radius 3 is 1.14 bits per heavy atom. The summed E-state index contributed by atoms with van der Waals surface area (Å²) in [5.41, 5.74) is 10.6. The summed E-state index contributed by atoms with van der Waals surface area (Å²) in [6.45, 7) is 13.6. The Kier molecular flexibility index (Phi) is 17.4. The molecule has 2 saturated carbocycles. The topological polar surface area (TPSA) is 116 Å². The average Bonchev–Trinajstić information content (AvgIpc) is 3.18. The number of amides is 2. The Labute approximate surface area is 344 Å². The van der Waals surface area contributed by atoms with Gasteiger partial charge in [-0.1, -0.05) is 170 Å². The molecule has 0 atom stereocenters. The van der Waals surface area contributed by atoms with Crippen molar-refractivity contribution >= 4 is 59.3 Å². The number of aliphatic hydroxyl groups is 1. The molecule has 2 aliphatic carbocycles. The number of benzene rings is 4. The third-order valence-corrected chi connectivity index (χ3v) is 23.7. The fourth-order valence-corrected chi connectivity index (χ4v) is 17.0. The summed E-state index contributed by atoms with van der Waals surface area (Å²) in [5, 5.41) is 14.3. The molecule has 0 spiro atoms. The zero-order valence-electron chi connectivity index (χ0n) is 33.7. The van der Waals surface area contributed by atoms with Crippen molar-refractivity contribution in [2.24, 2.45) is 23.3 Å². The van der Waals surface area contributed by atoms with Crippen molar-refractivity contribution in [2.45, 2.75) is 123 Å². The molecule has 0 radical (unpaired) electrons. The molecular formula is C47H67ClN2O4Si2. The Morgan fingerprint density at radius 1 is 0.554 bits per heavy atom. The van der Waals surface area contributed by atoms with E-state index in [1.807, 2.05) is 12.1 Å². The Morgan fingerprint density at radius 2 is 0.857 bits per heavy atom. The summed E-state index contributed by atoms with van der Waals surface area (Å²) in [7, 11) is -4.73. The monoisotopic (exact) mass is 814 g/mol. The summed E-state index contributed by atoms with van der Waals surface area (Å²) in [4.78, 5) is 22.1. The molecule has 0 aliphatic heterocycles. The lowest BCUT2D eigenvalue weighted by Gasteiger charge is -2.46. The summed E-state index contributed by atoms with van der Waals surface area (Å²) in [6, 6.07) is 42.5. The number of nitrogens with two attached hydrogens (primary N) is 2. The molecule has 0 bridgehead atoms. The van der Waals surface area contributed by atoms with Crippen LogP contribution in [0, 0.1) is 11.8 Å². The fourth-order valence-electron chi connectivity index (χ4n) is 8.14. The molecule has 0 unspecified atom stereocenters. The van der Waals surface area contributed by atoms with Gasteiger partial charge in [-0.2, -0.15) is 11.1 Å². The summed E-state index contributed by atoms with van der Waals surface area (Å²) in [6.07, 6.45) is 6.42. The van der Waals surface area contributed by atoms with Crippen molar-refractivity contribution < 1.29 is 19.1 Å². The molecule has 0 aromatic heterocycles. The highest BCUT2D eigenvalue weighted by Gasteiger charge is 2.52. The van der Waals surface area contributed by atoms with Gasteiger partial charge in [0, 0.05) is 17.9 Å². The number of primary amides is 2. The highest BCUT2D eigenvalue weighted by molar-refractivity contribution is 7.35. The van der Waals surface area contributed by atoms with E-state index in [1.165, 1.54) is 20.7 Å². The van der Waals surface area contributed by atoms with E-state index < -0.39 is 15.7 Å². The van der Waals surface area contributed by atoms with Crippen LogP contribution in [-0.2, 0) is 14.0 Å². The molecule has 6 nitrogen and oxygen atoms in total. The first-order valence-corrected chi connectivity index (χ1v) is 24.8. The van der Waals surface area contributed by atoms with Crippen molar-refractivity contribution in [3.05, 3.63) is 121 Å². The third kappa shape index (κ3) is 11.5. The van der Waals surface area contributed by atoms with Crippen molar-refractivity contribution in [1.82, 2.24) is 0 Å². The zero-order chi connectivity index (χ0) is 40.3. The van der Waals surface area contributed by atoms with Crippen molar-refractivity contribution in [3.8, 4) is 0 Å². The minimum atomic E-state index is -2.50. The first kappa shape index (κ1) is 46.8. The Balaban J connectivity index is 0.000000249. The van der Waals surface area contributed by atoms with Crippen LogP contribution in [0.2, 0.25) is 10.1 Å². The molecule has 2 fully saturated rings. The van der Waals surface area contributed by atoms with Crippen LogP contribution in [0.5, 0.6) is 0 Å². The molecule has 4 aromatic rings. The highest BCUT2D eigenvalue weighted by atomic mass is 35.6. The van der Waals surface area contributed by atoms with Gasteiger partial charge in [0.2, 0.25) is 19.2 Å². The van der Waals surface area contributed by atoms with Crippen LogP contribution in [0.1, 0.15) is 100 Å². The second-order valence-corrected chi connectivity index (χ2v) is 27.1. The van der Waals surface area contributed by atoms with Gasteiger partial charge in [0.25, 0.3) is 8.32 Å². The second-order valence-electron chi connectivity index (χ2n) is 17.2. The number of aliphatic hydroxyl groups excluding tert-OH is 1. The van der Waals surface area contributed by atoms with Crippen LogP contribution in [0.4, 0.5) is 0 Å². The lowest BCUT2D eigenvalue weighted by atomic mass is 9.87. The van der Waals surface area contributed by atoms with E-state index in [9.17, 15) is 9.59 Å². The lowest BCUT2D eigenvalue weighted by molar-refractivity contribution is -0.124. The van der Waals surface area contributed by atoms with Gasteiger partial charge in [-0.05, 0) is 82.2 Å². The fraction of sp³-hybridized carbons (Fsp3) is 0.447. The van der Waals surface area contributed by atoms with Crippen molar-refractivity contribution in [2.75, 3.05) is 0 Å². The minimum Gasteiger partial charge on any atom is -0.404 e. The predicted octanol–water partition coefficient (Wildman–Crippen LogP) is 8.05. The molecule has 9 heteroatoms. The molecule has 2 amide bonds. The number of hydrogen-bond donors (Lipinski definition) is 3. The van der Waals surface area contributed by atoms with Crippen molar-refractivity contribution in [1.29, 1.82) is 0 Å². The maximum absolute atomic E-state index is 11.5. The van der Waals surface area contributed by atoms with Crippen LogP contribution < -0.4 is 32.2 Å². The smallest absolute Gasteiger partial charge is 0.261 e. The van der Waals surface area contributed by atoms with Gasteiger partial charge in [0.05, 0.1) is 6.10 Å². The van der Waals surface area contributed by atoms with Crippen LogP contribution in [0.15, 0.2) is 121 Å². The number of halogens is 1. The van der Waals surface area contributed by atoms with Gasteiger partial charge >= 0.3 is 0 Å². The van der Waals surface area contributed by atoms with Gasteiger partial charge in [-0.15, -0.1) is 0 Å². The van der Waals surface area contributed by atoms with E-state index in [4.69, 9.17) is 32.1 Å². The van der Waals surface area contributed by atoms with Crippen LogP contribution in [0.25, 0.3) is 0 Å². The first-order chi connectivity index (χ1) is 26.0. The van der Waals surface area contributed by atoms with E-state index in [1.54, 1.807) is 0 Å². The average molecular weight is 816 g/mol.